The molecule has 0 saturated heterocycles. The summed E-state index contributed by atoms with van der Waals surface area (Å²) in [6, 6.07) is 27.5. The highest BCUT2D eigenvalue weighted by Gasteiger charge is 2.36. The Balaban J connectivity index is 1.73. The van der Waals surface area contributed by atoms with E-state index in [1.807, 2.05) is 36.0 Å². The van der Waals surface area contributed by atoms with Gasteiger partial charge in [-0.15, -0.1) is 11.8 Å². The topological polar surface area (TPSA) is 18.5 Å². The first-order chi connectivity index (χ1) is 15.3. The van der Waals surface area contributed by atoms with Gasteiger partial charge in [0, 0.05) is 4.90 Å². The molecule has 0 aliphatic heterocycles. The number of methoxy groups -OCH3 is 2. The molecule has 3 aromatic rings. The average molecular weight is 446 g/mol. The highest BCUT2D eigenvalue weighted by molar-refractivity contribution is 8.05. The molecule has 0 radical (unpaired) electrons. The Kier molecular flexibility index (Phi) is 7.23. The molecule has 0 aromatic heterocycles. The molecular formula is C27H25O2S2+. The second-order valence-electron chi connectivity index (χ2n) is 6.85. The number of hydrogen-bond acceptors (Lipinski definition) is 3. The molecule has 2 atom stereocenters. The second-order valence-corrected chi connectivity index (χ2v) is 10.1. The van der Waals surface area contributed by atoms with E-state index in [0.29, 0.717) is 0 Å². The van der Waals surface area contributed by atoms with Crippen molar-refractivity contribution in [2.24, 2.45) is 0 Å². The molecule has 0 N–H and O–H groups in total. The lowest BCUT2D eigenvalue weighted by Gasteiger charge is -2.17. The van der Waals surface area contributed by atoms with Gasteiger partial charge in [0.2, 0.25) is 0 Å². The van der Waals surface area contributed by atoms with E-state index in [9.17, 15) is 0 Å². The second kappa shape index (κ2) is 10.5. The van der Waals surface area contributed by atoms with E-state index < -0.39 is 0 Å². The summed E-state index contributed by atoms with van der Waals surface area (Å²) < 4.78 is 10.7. The Morgan fingerprint density at radius 3 is 1.94 bits per heavy atom. The maximum absolute atomic E-state index is 5.39. The van der Waals surface area contributed by atoms with Crippen LogP contribution in [-0.4, -0.2) is 19.5 Å². The summed E-state index contributed by atoms with van der Waals surface area (Å²) in [5.74, 6) is 1.75. The fourth-order valence-corrected chi connectivity index (χ4v) is 6.89. The summed E-state index contributed by atoms with van der Waals surface area (Å²) in [7, 11) is 3.19. The zero-order chi connectivity index (χ0) is 21.5. The molecule has 31 heavy (non-hydrogen) atoms. The number of hydrogen-bond donors (Lipinski definition) is 0. The standard InChI is InChI=1S/C27H25O2S2/c1-28-21-13-17-23(18-14-21)30-26-11-7-4-8-12-27(26)31(24-9-5-3-6-10-24)25-19-15-22(29-2)16-20-25/h3-20,26H,1-2H3/q+1. The van der Waals surface area contributed by atoms with Crippen LogP contribution in [0.1, 0.15) is 0 Å². The molecule has 0 heterocycles. The molecule has 0 saturated carbocycles. The van der Waals surface area contributed by atoms with Crippen LogP contribution < -0.4 is 9.47 Å². The Bertz CT molecular complexity index is 1070. The molecular weight excluding hydrogens is 420 g/mol. The molecule has 0 bridgehead atoms. The number of thioether (sulfide) groups is 1. The Morgan fingerprint density at radius 2 is 1.29 bits per heavy atom. The van der Waals surface area contributed by atoms with Gasteiger partial charge in [0.25, 0.3) is 0 Å². The van der Waals surface area contributed by atoms with Crippen LogP contribution in [0.15, 0.2) is 129 Å². The predicted molar refractivity (Wildman–Crippen MR) is 132 cm³/mol. The zero-order valence-electron chi connectivity index (χ0n) is 17.6. The van der Waals surface area contributed by atoms with Gasteiger partial charge in [-0.05, 0) is 66.7 Å². The molecule has 1 aliphatic carbocycles. The van der Waals surface area contributed by atoms with Gasteiger partial charge in [-0.25, -0.2) is 0 Å². The minimum absolute atomic E-state index is 0.211. The van der Waals surface area contributed by atoms with Gasteiger partial charge in [0.15, 0.2) is 14.7 Å². The third kappa shape index (κ3) is 5.27. The zero-order valence-corrected chi connectivity index (χ0v) is 19.2. The summed E-state index contributed by atoms with van der Waals surface area (Å²) in [6.45, 7) is 0. The van der Waals surface area contributed by atoms with Crippen LogP contribution in [-0.2, 0) is 10.9 Å². The van der Waals surface area contributed by atoms with Crippen molar-refractivity contribution in [3.8, 4) is 11.5 Å². The van der Waals surface area contributed by atoms with Gasteiger partial charge >= 0.3 is 0 Å². The molecule has 0 amide bonds. The quantitative estimate of drug-likeness (QED) is 0.368. The van der Waals surface area contributed by atoms with Crippen LogP contribution in [0.5, 0.6) is 11.5 Å². The van der Waals surface area contributed by atoms with Crippen molar-refractivity contribution in [2.45, 2.75) is 19.9 Å². The molecule has 0 spiro atoms. The van der Waals surface area contributed by atoms with Crippen molar-refractivity contribution in [3.63, 3.8) is 0 Å². The summed E-state index contributed by atoms with van der Waals surface area (Å²) in [5.41, 5.74) is 0. The highest BCUT2D eigenvalue weighted by atomic mass is 32.2. The third-order valence-corrected chi connectivity index (χ3v) is 8.59. The van der Waals surface area contributed by atoms with Crippen molar-refractivity contribution in [1.82, 2.24) is 0 Å². The summed E-state index contributed by atoms with van der Waals surface area (Å²) >= 11 is 1.86. The molecule has 2 nitrogen and oxygen atoms in total. The van der Waals surface area contributed by atoms with Crippen LogP contribution >= 0.6 is 11.8 Å². The first-order valence-electron chi connectivity index (χ1n) is 10.1. The van der Waals surface area contributed by atoms with Crippen molar-refractivity contribution in [3.05, 3.63) is 114 Å². The van der Waals surface area contributed by atoms with Crippen LogP contribution in [0.25, 0.3) is 0 Å². The molecule has 1 aliphatic rings. The van der Waals surface area contributed by atoms with Crippen molar-refractivity contribution in [2.75, 3.05) is 14.2 Å². The van der Waals surface area contributed by atoms with Crippen LogP contribution in [0.2, 0.25) is 0 Å². The highest BCUT2D eigenvalue weighted by Crippen LogP contribution is 2.40. The third-order valence-electron chi connectivity index (χ3n) is 4.88. The van der Waals surface area contributed by atoms with E-state index in [1.54, 1.807) is 14.2 Å². The SMILES string of the molecule is COc1ccc(SC2C=CC=CC=C2[S+](c2ccccc2)c2ccc(OC)cc2)cc1. The molecule has 3 aromatic carbocycles. The van der Waals surface area contributed by atoms with Gasteiger partial charge in [0.1, 0.15) is 11.5 Å². The van der Waals surface area contributed by atoms with Gasteiger partial charge in [-0.1, -0.05) is 42.5 Å². The number of ether oxygens (including phenoxy) is 2. The fourth-order valence-electron chi connectivity index (χ4n) is 3.33. The van der Waals surface area contributed by atoms with Gasteiger partial charge in [-0.3, -0.25) is 0 Å². The lowest BCUT2D eigenvalue weighted by molar-refractivity contribution is 0.414. The van der Waals surface area contributed by atoms with Crippen LogP contribution in [0.4, 0.5) is 0 Å². The van der Waals surface area contributed by atoms with Crippen molar-refractivity contribution < 1.29 is 9.47 Å². The summed E-state index contributed by atoms with van der Waals surface area (Å²) in [6.07, 6.45) is 11.0. The molecule has 156 valence electrons. The van der Waals surface area contributed by atoms with E-state index in [2.05, 4.69) is 85.0 Å². The largest absolute Gasteiger partial charge is 0.497 e. The summed E-state index contributed by atoms with van der Waals surface area (Å²) in [5, 5.41) is 0.217. The van der Waals surface area contributed by atoms with Crippen LogP contribution in [0.3, 0.4) is 0 Å². The molecule has 0 fully saturated rings. The van der Waals surface area contributed by atoms with Gasteiger partial charge < -0.3 is 9.47 Å². The first-order valence-corrected chi connectivity index (χ1v) is 12.2. The maximum atomic E-state index is 5.39. The maximum Gasteiger partial charge on any atom is 0.166 e. The first kappa shape index (κ1) is 21.4. The Morgan fingerprint density at radius 1 is 0.677 bits per heavy atom. The van der Waals surface area contributed by atoms with Crippen molar-refractivity contribution in [1.29, 1.82) is 0 Å². The van der Waals surface area contributed by atoms with Gasteiger partial charge in [0.05, 0.1) is 30.4 Å². The Hall–Kier alpha value is -2.82. The van der Waals surface area contributed by atoms with E-state index in [1.165, 1.54) is 19.6 Å². The number of allylic oxidation sites excluding steroid dienone is 4. The summed E-state index contributed by atoms with van der Waals surface area (Å²) in [4.78, 5) is 5.18. The van der Waals surface area contributed by atoms with Crippen molar-refractivity contribution >= 4 is 22.7 Å². The average Bonchev–Trinajstić information content (AvgIpc) is 3.06. The monoisotopic (exact) mass is 445 g/mol. The molecule has 2 unspecified atom stereocenters. The Labute approximate surface area is 191 Å². The number of benzene rings is 3. The normalized spacial score (nSPS) is 16.3. The minimum atomic E-state index is -0.211. The molecule has 4 heteroatoms. The van der Waals surface area contributed by atoms with Gasteiger partial charge in [-0.2, -0.15) is 0 Å². The minimum Gasteiger partial charge on any atom is -0.497 e. The van der Waals surface area contributed by atoms with E-state index >= 15 is 0 Å². The lowest BCUT2D eigenvalue weighted by atomic mass is 10.3. The molecule has 4 rings (SSSR count). The van der Waals surface area contributed by atoms with E-state index in [0.717, 1.165) is 11.5 Å². The predicted octanol–water partition coefficient (Wildman–Crippen LogP) is 6.91. The number of rotatable bonds is 7. The fraction of sp³-hybridized carbons (Fsp3) is 0.111. The van der Waals surface area contributed by atoms with Crippen LogP contribution in [0, 0.1) is 0 Å². The lowest BCUT2D eigenvalue weighted by Crippen LogP contribution is -2.15. The van der Waals surface area contributed by atoms with E-state index in [-0.39, 0.29) is 16.1 Å². The van der Waals surface area contributed by atoms with E-state index in [4.69, 9.17) is 9.47 Å². The smallest absolute Gasteiger partial charge is 0.166 e.